The van der Waals surface area contributed by atoms with E-state index in [1.165, 1.54) is 0 Å². The number of aliphatic imine (C=N–C) groups is 1. The summed E-state index contributed by atoms with van der Waals surface area (Å²) in [6.07, 6.45) is 1.28. The summed E-state index contributed by atoms with van der Waals surface area (Å²) in [4.78, 5) is 6.66. The van der Waals surface area contributed by atoms with Crippen LogP contribution in [0.4, 0.5) is 0 Å². The topological polar surface area (TPSA) is 50.8 Å². The van der Waals surface area contributed by atoms with Gasteiger partial charge in [-0.05, 0) is 19.3 Å². The van der Waals surface area contributed by atoms with Crippen LogP contribution >= 0.6 is 0 Å². The Morgan fingerprint density at radius 3 is 2.93 bits per heavy atom. The molecule has 4 heteroatoms. The van der Waals surface area contributed by atoms with Crippen molar-refractivity contribution in [1.82, 2.24) is 4.90 Å². The maximum atomic E-state index is 5.96. The molecule has 86 valence electrons. The van der Waals surface area contributed by atoms with Crippen molar-refractivity contribution in [1.29, 1.82) is 0 Å². The van der Waals surface area contributed by atoms with Crippen molar-refractivity contribution in [2.45, 2.75) is 38.8 Å². The third-order valence-electron chi connectivity index (χ3n) is 3.54. The molecule has 2 heterocycles. The van der Waals surface area contributed by atoms with Crippen LogP contribution in [-0.4, -0.2) is 42.2 Å². The lowest BCUT2D eigenvalue weighted by molar-refractivity contribution is 0.0523. The maximum Gasteiger partial charge on any atom is 0.191 e. The van der Waals surface area contributed by atoms with Gasteiger partial charge in [0, 0.05) is 13.2 Å². The molecular weight excluding hydrogens is 190 g/mol. The highest BCUT2D eigenvalue weighted by Gasteiger charge is 2.50. The molecule has 2 atom stereocenters. The Morgan fingerprint density at radius 2 is 2.40 bits per heavy atom. The van der Waals surface area contributed by atoms with Crippen LogP contribution in [0.3, 0.4) is 0 Å². The van der Waals surface area contributed by atoms with Crippen LogP contribution in [0.1, 0.15) is 27.2 Å². The van der Waals surface area contributed by atoms with Crippen molar-refractivity contribution in [3.05, 3.63) is 0 Å². The van der Waals surface area contributed by atoms with Gasteiger partial charge >= 0.3 is 0 Å². The van der Waals surface area contributed by atoms with Crippen molar-refractivity contribution in [2.24, 2.45) is 16.6 Å². The number of hydrogen-bond acceptors (Lipinski definition) is 4. The molecule has 2 N–H and O–H groups in total. The van der Waals surface area contributed by atoms with Crippen LogP contribution in [0.2, 0.25) is 0 Å². The van der Waals surface area contributed by atoms with Gasteiger partial charge in [0.15, 0.2) is 5.96 Å². The zero-order valence-electron chi connectivity index (χ0n) is 9.86. The van der Waals surface area contributed by atoms with Crippen LogP contribution in [0.15, 0.2) is 4.99 Å². The summed E-state index contributed by atoms with van der Waals surface area (Å²) in [5, 5.41) is 0. The molecule has 15 heavy (non-hydrogen) atoms. The number of nitrogens with zero attached hydrogens (tertiary/aromatic N) is 2. The Balaban J connectivity index is 2.19. The van der Waals surface area contributed by atoms with E-state index in [-0.39, 0.29) is 11.6 Å². The molecule has 4 nitrogen and oxygen atoms in total. The number of ether oxygens (including phenoxy) is 1. The molecule has 2 rings (SSSR count). The van der Waals surface area contributed by atoms with E-state index < -0.39 is 0 Å². The van der Waals surface area contributed by atoms with Crippen molar-refractivity contribution in [2.75, 3.05) is 19.7 Å². The standard InChI is InChI=1S/C11H21N3O/c1-8(2)6-14-10(12)13-7-11(14)4-5-15-9(11)3/h8-9H,4-7H2,1-3H3,(H2,12,13). The van der Waals surface area contributed by atoms with E-state index in [0.29, 0.717) is 11.9 Å². The smallest absolute Gasteiger partial charge is 0.191 e. The van der Waals surface area contributed by atoms with Crippen molar-refractivity contribution >= 4 is 5.96 Å². The Morgan fingerprint density at radius 1 is 1.67 bits per heavy atom. The molecule has 2 aliphatic heterocycles. The number of rotatable bonds is 2. The highest BCUT2D eigenvalue weighted by Crippen LogP contribution is 2.36. The monoisotopic (exact) mass is 211 g/mol. The first-order valence-electron chi connectivity index (χ1n) is 5.75. The van der Waals surface area contributed by atoms with E-state index in [1.54, 1.807) is 0 Å². The minimum absolute atomic E-state index is 0.0500. The van der Waals surface area contributed by atoms with Crippen molar-refractivity contribution in [3.8, 4) is 0 Å². The second-order valence-electron chi connectivity index (χ2n) is 5.05. The van der Waals surface area contributed by atoms with E-state index in [1.807, 2.05) is 0 Å². The molecule has 0 saturated carbocycles. The Bertz CT molecular complexity index is 277. The minimum atomic E-state index is 0.0500. The summed E-state index contributed by atoms with van der Waals surface area (Å²) in [5.74, 6) is 1.29. The molecule has 0 amide bonds. The summed E-state index contributed by atoms with van der Waals surface area (Å²) >= 11 is 0. The fourth-order valence-corrected chi connectivity index (χ4v) is 2.59. The van der Waals surface area contributed by atoms with Gasteiger partial charge in [0.25, 0.3) is 0 Å². The van der Waals surface area contributed by atoms with Crippen LogP contribution in [0, 0.1) is 5.92 Å². The molecule has 0 aromatic heterocycles. The summed E-state index contributed by atoms with van der Waals surface area (Å²) < 4.78 is 5.68. The van der Waals surface area contributed by atoms with Gasteiger partial charge in [-0.3, -0.25) is 4.99 Å². The van der Waals surface area contributed by atoms with Gasteiger partial charge in [-0.25, -0.2) is 0 Å². The fourth-order valence-electron chi connectivity index (χ4n) is 2.59. The third-order valence-corrected chi connectivity index (χ3v) is 3.54. The predicted molar refractivity (Wildman–Crippen MR) is 60.8 cm³/mol. The molecular formula is C11H21N3O. The van der Waals surface area contributed by atoms with E-state index >= 15 is 0 Å². The normalized spacial score (nSPS) is 35.6. The minimum Gasteiger partial charge on any atom is -0.376 e. The van der Waals surface area contributed by atoms with Crippen LogP contribution in [0.5, 0.6) is 0 Å². The first-order valence-corrected chi connectivity index (χ1v) is 5.75. The second-order valence-corrected chi connectivity index (χ2v) is 5.05. The average Bonchev–Trinajstić information content (AvgIpc) is 2.66. The Hall–Kier alpha value is -0.770. The largest absolute Gasteiger partial charge is 0.376 e. The summed E-state index contributed by atoms with van der Waals surface area (Å²) in [7, 11) is 0. The highest BCUT2D eigenvalue weighted by molar-refractivity contribution is 5.81. The molecule has 2 unspecified atom stereocenters. The summed E-state index contributed by atoms with van der Waals surface area (Å²) in [5.41, 5.74) is 6.01. The van der Waals surface area contributed by atoms with Crippen LogP contribution < -0.4 is 5.73 Å². The Labute approximate surface area is 91.5 Å². The van der Waals surface area contributed by atoms with Gasteiger partial charge in [-0.2, -0.15) is 0 Å². The van der Waals surface area contributed by atoms with Gasteiger partial charge in [-0.15, -0.1) is 0 Å². The average molecular weight is 211 g/mol. The zero-order valence-corrected chi connectivity index (χ0v) is 9.86. The lowest BCUT2D eigenvalue weighted by Crippen LogP contribution is -2.56. The van der Waals surface area contributed by atoms with Crippen LogP contribution in [-0.2, 0) is 4.74 Å². The summed E-state index contributed by atoms with van der Waals surface area (Å²) in [6.45, 7) is 9.16. The molecule has 1 fully saturated rings. The Kier molecular flexibility index (Phi) is 2.63. The molecule has 1 spiro atoms. The molecule has 2 aliphatic rings. The van der Waals surface area contributed by atoms with Gasteiger partial charge in [0.05, 0.1) is 18.2 Å². The molecule has 0 aromatic carbocycles. The molecule has 1 saturated heterocycles. The zero-order chi connectivity index (χ0) is 11.1. The molecule has 0 bridgehead atoms. The maximum absolute atomic E-state index is 5.96. The van der Waals surface area contributed by atoms with E-state index in [9.17, 15) is 0 Å². The number of hydrogen-bond donors (Lipinski definition) is 1. The lowest BCUT2D eigenvalue weighted by Gasteiger charge is -2.39. The molecule has 0 aliphatic carbocycles. The SMILES string of the molecule is CC(C)CN1C(N)=NCC12CCOC2C. The second kappa shape index (κ2) is 3.67. The van der Waals surface area contributed by atoms with Crippen LogP contribution in [0.25, 0.3) is 0 Å². The third kappa shape index (κ3) is 1.61. The summed E-state index contributed by atoms with van der Waals surface area (Å²) in [6, 6.07) is 0. The van der Waals surface area contributed by atoms with E-state index in [2.05, 4.69) is 30.7 Å². The quantitative estimate of drug-likeness (QED) is 0.735. The van der Waals surface area contributed by atoms with Gasteiger partial charge in [-0.1, -0.05) is 13.8 Å². The fraction of sp³-hybridized carbons (Fsp3) is 0.909. The number of nitrogens with two attached hydrogens (primary N) is 1. The van der Waals surface area contributed by atoms with Gasteiger partial charge in [0.1, 0.15) is 0 Å². The van der Waals surface area contributed by atoms with Gasteiger partial charge < -0.3 is 15.4 Å². The lowest BCUT2D eigenvalue weighted by atomic mass is 9.90. The van der Waals surface area contributed by atoms with E-state index in [0.717, 1.165) is 26.1 Å². The predicted octanol–water partition coefficient (Wildman–Crippen LogP) is 0.820. The molecule has 0 aromatic rings. The van der Waals surface area contributed by atoms with E-state index in [4.69, 9.17) is 10.5 Å². The highest BCUT2D eigenvalue weighted by atomic mass is 16.5. The van der Waals surface area contributed by atoms with Crippen molar-refractivity contribution < 1.29 is 4.74 Å². The first kappa shape index (κ1) is 10.7. The first-order chi connectivity index (χ1) is 7.06. The van der Waals surface area contributed by atoms with Crippen molar-refractivity contribution in [3.63, 3.8) is 0 Å². The molecule has 0 radical (unpaired) electrons. The van der Waals surface area contributed by atoms with Gasteiger partial charge in [0.2, 0.25) is 0 Å². The number of guanidine groups is 1.